The Balaban J connectivity index is 1.79. The van der Waals surface area contributed by atoms with E-state index in [9.17, 15) is 18.0 Å². The molecular weight excluding hydrogens is 354 g/mol. The fourth-order valence-corrected chi connectivity index (χ4v) is 4.12. The molecule has 1 fully saturated rings. The van der Waals surface area contributed by atoms with Crippen LogP contribution in [0.5, 0.6) is 0 Å². The molecular formula is C18H27N3O4S. The summed E-state index contributed by atoms with van der Waals surface area (Å²) in [5.41, 5.74) is 6.88. The van der Waals surface area contributed by atoms with Gasteiger partial charge < -0.3 is 10.6 Å². The minimum absolute atomic E-state index is 0.00665. The molecule has 0 spiro atoms. The summed E-state index contributed by atoms with van der Waals surface area (Å²) in [5.74, 6) is -0.782. The highest BCUT2D eigenvalue weighted by Crippen LogP contribution is 2.11. The van der Waals surface area contributed by atoms with Crippen LogP contribution in [0.4, 0.5) is 0 Å². The number of rotatable bonds is 8. The molecule has 26 heavy (non-hydrogen) atoms. The van der Waals surface area contributed by atoms with Crippen LogP contribution in [0.25, 0.3) is 0 Å². The molecule has 0 bridgehead atoms. The lowest BCUT2D eigenvalue weighted by Gasteiger charge is -2.34. The third-order valence-electron chi connectivity index (χ3n) is 4.65. The molecule has 0 unspecified atom stereocenters. The van der Waals surface area contributed by atoms with Gasteiger partial charge in [-0.05, 0) is 24.1 Å². The Labute approximate surface area is 155 Å². The van der Waals surface area contributed by atoms with E-state index in [4.69, 9.17) is 5.73 Å². The standard InChI is InChI=1S/C18H27N3O4S/c1-2-15-3-5-16(6-4-15)18(23)21-10-8-20(9-11-21)12-14-26(24,25)13-7-17(19)22/h3-6H,2,7-14H2,1H3,(H2,19,22). The maximum absolute atomic E-state index is 12.5. The van der Waals surface area contributed by atoms with Gasteiger partial charge in [-0.15, -0.1) is 0 Å². The maximum atomic E-state index is 12.5. The zero-order valence-electron chi connectivity index (χ0n) is 15.2. The Hall–Kier alpha value is -1.93. The molecule has 0 atom stereocenters. The topological polar surface area (TPSA) is 101 Å². The first-order valence-corrected chi connectivity index (χ1v) is 10.7. The zero-order valence-corrected chi connectivity index (χ0v) is 16.0. The van der Waals surface area contributed by atoms with Crippen molar-refractivity contribution in [2.75, 3.05) is 44.2 Å². The van der Waals surface area contributed by atoms with Crippen molar-refractivity contribution in [3.05, 3.63) is 35.4 Å². The Morgan fingerprint density at radius 1 is 1.04 bits per heavy atom. The lowest BCUT2D eigenvalue weighted by molar-refractivity contribution is -0.117. The number of piperazine rings is 1. The largest absolute Gasteiger partial charge is 0.370 e. The molecule has 0 aliphatic carbocycles. The summed E-state index contributed by atoms with van der Waals surface area (Å²) in [6.45, 7) is 4.93. The van der Waals surface area contributed by atoms with Gasteiger partial charge in [-0.1, -0.05) is 19.1 Å². The van der Waals surface area contributed by atoms with Crippen molar-refractivity contribution < 1.29 is 18.0 Å². The molecule has 8 heteroatoms. The van der Waals surface area contributed by atoms with E-state index in [2.05, 4.69) is 6.92 Å². The molecule has 1 saturated heterocycles. The number of carbonyl (C=O) groups excluding carboxylic acids is 2. The number of primary amides is 1. The molecule has 2 rings (SSSR count). The second-order valence-electron chi connectivity index (χ2n) is 6.55. The van der Waals surface area contributed by atoms with E-state index in [1.165, 1.54) is 5.56 Å². The van der Waals surface area contributed by atoms with Crippen molar-refractivity contribution in [1.29, 1.82) is 0 Å². The fraction of sp³-hybridized carbons (Fsp3) is 0.556. The summed E-state index contributed by atoms with van der Waals surface area (Å²) in [6, 6.07) is 7.67. The Morgan fingerprint density at radius 2 is 1.65 bits per heavy atom. The van der Waals surface area contributed by atoms with Crippen LogP contribution in [-0.2, 0) is 21.1 Å². The summed E-state index contributed by atoms with van der Waals surface area (Å²) in [7, 11) is -3.28. The molecule has 0 aromatic heterocycles. The van der Waals surface area contributed by atoms with E-state index in [0.717, 1.165) is 6.42 Å². The Kier molecular flexibility index (Phi) is 7.16. The molecule has 7 nitrogen and oxygen atoms in total. The summed E-state index contributed by atoms with van der Waals surface area (Å²) in [4.78, 5) is 27.1. The van der Waals surface area contributed by atoms with Gasteiger partial charge in [-0.25, -0.2) is 8.42 Å². The van der Waals surface area contributed by atoms with Crippen molar-refractivity contribution in [2.24, 2.45) is 5.73 Å². The van der Waals surface area contributed by atoms with Gasteiger partial charge >= 0.3 is 0 Å². The first kappa shape index (κ1) is 20.4. The lowest BCUT2D eigenvalue weighted by atomic mass is 10.1. The monoisotopic (exact) mass is 381 g/mol. The molecule has 0 radical (unpaired) electrons. The highest BCUT2D eigenvalue weighted by atomic mass is 32.2. The third kappa shape index (κ3) is 6.10. The summed E-state index contributed by atoms with van der Waals surface area (Å²) < 4.78 is 23.8. The van der Waals surface area contributed by atoms with Crippen molar-refractivity contribution >= 4 is 21.7 Å². The first-order valence-electron chi connectivity index (χ1n) is 8.90. The predicted molar refractivity (Wildman–Crippen MR) is 101 cm³/mol. The van der Waals surface area contributed by atoms with Crippen LogP contribution in [0.2, 0.25) is 0 Å². The average Bonchev–Trinajstić information content (AvgIpc) is 2.65. The van der Waals surface area contributed by atoms with E-state index in [1.54, 1.807) is 4.90 Å². The van der Waals surface area contributed by atoms with E-state index in [1.807, 2.05) is 29.2 Å². The minimum Gasteiger partial charge on any atom is -0.370 e. The summed E-state index contributed by atoms with van der Waals surface area (Å²) in [6.07, 6.45) is 0.803. The molecule has 1 aliphatic rings. The van der Waals surface area contributed by atoms with E-state index >= 15 is 0 Å². The smallest absolute Gasteiger partial charge is 0.253 e. The molecule has 0 saturated carbocycles. The number of benzene rings is 1. The third-order valence-corrected chi connectivity index (χ3v) is 6.28. The first-order chi connectivity index (χ1) is 12.3. The number of aryl methyl sites for hydroxylation is 1. The summed E-state index contributed by atoms with van der Waals surface area (Å²) in [5, 5.41) is 0. The number of amides is 2. The molecule has 1 heterocycles. The molecule has 1 aromatic rings. The van der Waals surface area contributed by atoms with Crippen molar-refractivity contribution in [3.63, 3.8) is 0 Å². The number of sulfone groups is 1. The van der Waals surface area contributed by atoms with Crippen LogP contribution in [0.15, 0.2) is 24.3 Å². The van der Waals surface area contributed by atoms with Gasteiger partial charge in [0.25, 0.3) is 5.91 Å². The molecule has 1 aromatic carbocycles. The fourth-order valence-electron chi connectivity index (χ4n) is 2.87. The van der Waals surface area contributed by atoms with E-state index in [0.29, 0.717) is 38.3 Å². The normalized spacial score (nSPS) is 15.8. The van der Waals surface area contributed by atoms with Crippen LogP contribution in [0.1, 0.15) is 29.3 Å². The highest BCUT2D eigenvalue weighted by molar-refractivity contribution is 7.91. The van der Waals surface area contributed by atoms with Gasteiger partial charge in [0.15, 0.2) is 9.84 Å². The van der Waals surface area contributed by atoms with Crippen LogP contribution in [0, 0.1) is 0 Å². The number of hydrogen-bond donors (Lipinski definition) is 1. The number of carbonyl (C=O) groups is 2. The van der Waals surface area contributed by atoms with Gasteiger partial charge in [-0.2, -0.15) is 0 Å². The number of hydrogen-bond acceptors (Lipinski definition) is 5. The quantitative estimate of drug-likeness (QED) is 0.698. The second-order valence-corrected chi connectivity index (χ2v) is 8.86. The summed E-state index contributed by atoms with van der Waals surface area (Å²) >= 11 is 0. The second kappa shape index (κ2) is 9.14. The lowest BCUT2D eigenvalue weighted by Crippen LogP contribution is -2.49. The molecule has 2 amide bonds. The van der Waals surface area contributed by atoms with E-state index in [-0.39, 0.29) is 23.8 Å². The Bertz CT molecular complexity index is 723. The zero-order chi connectivity index (χ0) is 19.2. The van der Waals surface area contributed by atoms with Gasteiger partial charge in [0.05, 0.1) is 11.5 Å². The average molecular weight is 381 g/mol. The van der Waals surface area contributed by atoms with Crippen molar-refractivity contribution in [2.45, 2.75) is 19.8 Å². The predicted octanol–water partition coefficient (Wildman–Crippen LogP) is 0.297. The Morgan fingerprint density at radius 3 is 2.19 bits per heavy atom. The molecule has 2 N–H and O–H groups in total. The van der Waals surface area contributed by atoms with Crippen LogP contribution in [-0.4, -0.2) is 74.3 Å². The molecule has 144 valence electrons. The van der Waals surface area contributed by atoms with E-state index < -0.39 is 15.7 Å². The highest BCUT2D eigenvalue weighted by Gasteiger charge is 2.23. The van der Waals surface area contributed by atoms with Gasteiger partial charge in [0.1, 0.15) is 0 Å². The van der Waals surface area contributed by atoms with Crippen molar-refractivity contribution in [3.8, 4) is 0 Å². The van der Waals surface area contributed by atoms with Gasteiger partial charge in [0.2, 0.25) is 5.91 Å². The van der Waals surface area contributed by atoms with Crippen LogP contribution < -0.4 is 5.73 Å². The van der Waals surface area contributed by atoms with Crippen LogP contribution in [0.3, 0.4) is 0 Å². The van der Waals surface area contributed by atoms with Crippen LogP contribution >= 0.6 is 0 Å². The minimum atomic E-state index is -3.28. The maximum Gasteiger partial charge on any atom is 0.253 e. The number of nitrogens with two attached hydrogens (primary N) is 1. The molecule has 1 aliphatic heterocycles. The SMILES string of the molecule is CCc1ccc(C(=O)N2CCN(CCS(=O)(=O)CCC(N)=O)CC2)cc1. The van der Waals surface area contributed by atoms with Crippen molar-refractivity contribution in [1.82, 2.24) is 9.80 Å². The van der Waals surface area contributed by atoms with Gasteiger partial charge in [0, 0.05) is 44.7 Å². The number of nitrogens with zero attached hydrogens (tertiary/aromatic N) is 2. The van der Waals surface area contributed by atoms with Gasteiger partial charge in [-0.3, -0.25) is 14.5 Å².